The van der Waals surface area contributed by atoms with E-state index < -0.39 is 0 Å². The molecule has 1 saturated heterocycles. The highest BCUT2D eigenvalue weighted by Crippen LogP contribution is 2.32. The molecule has 0 saturated carbocycles. The first-order valence-electron chi connectivity index (χ1n) is 7.07. The monoisotopic (exact) mass is 277 g/mol. The maximum absolute atomic E-state index is 6.37. The van der Waals surface area contributed by atoms with E-state index in [1.54, 1.807) is 0 Å². The van der Waals surface area contributed by atoms with Gasteiger partial charge in [-0.3, -0.25) is 0 Å². The Hall–Kier alpha value is -1.06. The molecule has 1 aliphatic heterocycles. The first-order valence-corrected chi connectivity index (χ1v) is 7.45. The van der Waals surface area contributed by atoms with Gasteiger partial charge in [0.2, 0.25) is 0 Å². The number of hydrogen-bond acceptors (Lipinski definition) is 2. The molecule has 4 heteroatoms. The Morgan fingerprint density at radius 3 is 2.89 bits per heavy atom. The lowest BCUT2D eigenvalue weighted by Gasteiger charge is -2.32. The summed E-state index contributed by atoms with van der Waals surface area (Å²) in [7, 11) is 0. The van der Waals surface area contributed by atoms with Gasteiger partial charge in [-0.15, -0.1) is 0 Å². The quantitative estimate of drug-likeness (QED) is 0.928. The summed E-state index contributed by atoms with van der Waals surface area (Å²) in [6.45, 7) is 7.67. The largest absolute Gasteiger partial charge is 0.327 e. The number of para-hydroxylation sites is 1. The van der Waals surface area contributed by atoms with E-state index in [1.165, 1.54) is 5.82 Å². The molecule has 2 aromatic rings. The van der Waals surface area contributed by atoms with E-state index in [2.05, 4.69) is 29.8 Å². The summed E-state index contributed by atoms with van der Waals surface area (Å²) in [4.78, 5) is 4.85. The average molecular weight is 278 g/mol. The molecule has 1 unspecified atom stereocenters. The predicted molar refractivity (Wildman–Crippen MR) is 79.8 cm³/mol. The van der Waals surface area contributed by atoms with Gasteiger partial charge in [0.15, 0.2) is 0 Å². The number of halogens is 1. The fourth-order valence-corrected chi connectivity index (χ4v) is 3.10. The van der Waals surface area contributed by atoms with Crippen molar-refractivity contribution in [2.45, 2.75) is 32.7 Å². The summed E-state index contributed by atoms with van der Waals surface area (Å²) < 4.78 is 2.32. The number of benzene rings is 1. The van der Waals surface area contributed by atoms with Crippen LogP contribution in [-0.4, -0.2) is 22.6 Å². The van der Waals surface area contributed by atoms with Crippen molar-refractivity contribution in [2.75, 3.05) is 13.1 Å². The van der Waals surface area contributed by atoms with Crippen LogP contribution in [0.25, 0.3) is 11.0 Å². The Balaban J connectivity index is 2.11. The van der Waals surface area contributed by atoms with Gasteiger partial charge in [-0.2, -0.15) is 0 Å². The standard InChI is InChI=1S/C15H20ClN3/c1-3-7-19-14-12(16)5-4-6-13(14)18-15(19)10(2)11-8-17-9-11/h4-6,10-11,17H,3,7-9H2,1-2H3. The van der Waals surface area contributed by atoms with Crippen LogP contribution in [0.15, 0.2) is 18.2 Å². The van der Waals surface area contributed by atoms with E-state index >= 15 is 0 Å². The van der Waals surface area contributed by atoms with Crippen LogP contribution in [0.5, 0.6) is 0 Å². The summed E-state index contributed by atoms with van der Waals surface area (Å²) in [5.41, 5.74) is 2.12. The second kappa shape index (κ2) is 5.14. The second-order valence-electron chi connectivity index (χ2n) is 5.44. The van der Waals surface area contributed by atoms with E-state index in [-0.39, 0.29) is 0 Å². The molecule has 1 aromatic carbocycles. The Labute approximate surface area is 119 Å². The molecule has 1 aliphatic rings. The van der Waals surface area contributed by atoms with Crippen molar-refractivity contribution in [1.29, 1.82) is 0 Å². The van der Waals surface area contributed by atoms with Crippen LogP contribution in [0.3, 0.4) is 0 Å². The number of aromatic nitrogens is 2. The Bertz CT molecular complexity index is 586. The zero-order valence-corrected chi connectivity index (χ0v) is 12.2. The third kappa shape index (κ3) is 2.15. The topological polar surface area (TPSA) is 29.9 Å². The highest BCUT2D eigenvalue weighted by molar-refractivity contribution is 6.35. The second-order valence-corrected chi connectivity index (χ2v) is 5.84. The number of fused-ring (bicyclic) bond motifs is 1. The van der Waals surface area contributed by atoms with Gasteiger partial charge in [-0.25, -0.2) is 4.98 Å². The fourth-order valence-electron chi connectivity index (χ4n) is 2.83. The van der Waals surface area contributed by atoms with Crippen molar-refractivity contribution in [2.24, 2.45) is 5.92 Å². The molecule has 2 heterocycles. The summed E-state index contributed by atoms with van der Waals surface area (Å²) in [5.74, 6) is 2.37. The van der Waals surface area contributed by atoms with Crippen LogP contribution in [0.1, 0.15) is 32.0 Å². The lowest BCUT2D eigenvalue weighted by molar-refractivity contribution is 0.291. The van der Waals surface area contributed by atoms with Gasteiger partial charge in [-0.1, -0.05) is 31.5 Å². The van der Waals surface area contributed by atoms with Gasteiger partial charge >= 0.3 is 0 Å². The first kappa shape index (κ1) is 12.9. The first-order chi connectivity index (χ1) is 9.22. The molecule has 1 atom stereocenters. The normalized spacial score (nSPS) is 17.6. The predicted octanol–water partition coefficient (Wildman–Crippen LogP) is 3.42. The highest BCUT2D eigenvalue weighted by Gasteiger charge is 2.28. The molecule has 19 heavy (non-hydrogen) atoms. The van der Waals surface area contributed by atoms with Crippen LogP contribution < -0.4 is 5.32 Å². The molecule has 0 bridgehead atoms. The molecule has 102 valence electrons. The molecule has 3 nitrogen and oxygen atoms in total. The van der Waals surface area contributed by atoms with Gasteiger partial charge in [0.05, 0.1) is 16.1 Å². The molecule has 1 N–H and O–H groups in total. The Kier molecular flexibility index (Phi) is 3.50. The van der Waals surface area contributed by atoms with Gasteiger partial charge in [0, 0.05) is 12.5 Å². The van der Waals surface area contributed by atoms with Crippen molar-refractivity contribution in [1.82, 2.24) is 14.9 Å². The van der Waals surface area contributed by atoms with Gasteiger partial charge in [0.1, 0.15) is 5.82 Å². The van der Waals surface area contributed by atoms with Gasteiger partial charge < -0.3 is 9.88 Å². The van der Waals surface area contributed by atoms with E-state index in [0.717, 1.165) is 42.1 Å². The van der Waals surface area contributed by atoms with Crippen molar-refractivity contribution < 1.29 is 0 Å². The third-order valence-corrected chi connectivity index (χ3v) is 4.43. The summed E-state index contributed by atoms with van der Waals surface area (Å²) in [5, 5.41) is 4.15. The van der Waals surface area contributed by atoms with Gasteiger partial charge in [0.25, 0.3) is 0 Å². The number of imidazole rings is 1. The Morgan fingerprint density at radius 2 is 2.26 bits per heavy atom. The molecule has 0 radical (unpaired) electrons. The van der Waals surface area contributed by atoms with Crippen LogP contribution in [0.2, 0.25) is 5.02 Å². The minimum absolute atomic E-state index is 0.483. The van der Waals surface area contributed by atoms with Crippen molar-refractivity contribution >= 4 is 22.6 Å². The van der Waals surface area contributed by atoms with E-state index in [1.807, 2.05) is 12.1 Å². The molecule has 1 fully saturated rings. The van der Waals surface area contributed by atoms with Crippen LogP contribution in [-0.2, 0) is 6.54 Å². The van der Waals surface area contributed by atoms with Crippen LogP contribution in [0, 0.1) is 5.92 Å². The van der Waals surface area contributed by atoms with Gasteiger partial charge in [-0.05, 0) is 37.6 Å². The molecule has 0 amide bonds. The molecule has 0 aliphatic carbocycles. The van der Waals surface area contributed by atoms with E-state index in [0.29, 0.717) is 11.8 Å². The number of aryl methyl sites for hydroxylation is 1. The maximum atomic E-state index is 6.37. The number of hydrogen-bond donors (Lipinski definition) is 1. The average Bonchev–Trinajstić information content (AvgIpc) is 2.68. The Morgan fingerprint density at radius 1 is 1.47 bits per heavy atom. The molecule has 3 rings (SSSR count). The van der Waals surface area contributed by atoms with Crippen LogP contribution >= 0.6 is 11.6 Å². The maximum Gasteiger partial charge on any atom is 0.113 e. The zero-order chi connectivity index (χ0) is 13.4. The smallest absolute Gasteiger partial charge is 0.113 e. The fraction of sp³-hybridized carbons (Fsp3) is 0.533. The lowest BCUT2D eigenvalue weighted by atomic mass is 9.88. The third-order valence-electron chi connectivity index (χ3n) is 4.12. The van der Waals surface area contributed by atoms with E-state index in [9.17, 15) is 0 Å². The minimum Gasteiger partial charge on any atom is -0.327 e. The van der Waals surface area contributed by atoms with Crippen molar-refractivity contribution in [3.05, 3.63) is 29.0 Å². The zero-order valence-electron chi connectivity index (χ0n) is 11.5. The SMILES string of the molecule is CCCn1c(C(C)C2CNC2)nc2cccc(Cl)c21. The molecular formula is C15H20ClN3. The summed E-state index contributed by atoms with van der Waals surface area (Å²) >= 11 is 6.37. The number of rotatable bonds is 4. The number of nitrogens with one attached hydrogen (secondary N) is 1. The molecule has 0 spiro atoms. The molecule has 1 aromatic heterocycles. The van der Waals surface area contributed by atoms with Crippen LogP contribution in [0.4, 0.5) is 0 Å². The summed E-state index contributed by atoms with van der Waals surface area (Å²) in [6.07, 6.45) is 1.10. The highest BCUT2D eigenvalue weighted by atomic mass is 35.5. The van der Waals surface area contributed by atoms with Crippen molar-refractivity contribution in [3.8, 4) is 0 Å². The minimum atomic E-state index is 0.483. The number of nitrogens with zero attached hydrogens (tertiary/aromatic N) is 2. The molecular weight excluding hydrogens is 258 g/mol. The van der Waals surface area contributed by atoms with Crippen molar-refractivity contribution in [3.63, 3.8) is 0 Å². The lowest BCUT2D eigenvalue weighted by Crippen LogP contribution is -2.45. The van der Waals surface area contributed by atoms with E-state index in [4.69, 9.17) is 16.6 Å². The summed E-state index contributed by atoms with van der Waals surface area (Å²) in [6, 6.07) is 5.99.